The Morgan fingerprint density at radius 1 is 0.923 bits per heavy atom. The maximum absolute atomic E-state index is 6.44. The molecule has 0 aromatic heterocycles. The van der Waals surface area contributed by atoms with E-state index in [1.54, 1.807) is 6.42 Å². The highest BCUT2D eigenvalue weighted by Gasteiger charge is 2.64. The zero-order valence-electron chi connectivity index (χ0n) is 8.21. The van der Waals surface area contributed by atoms with Gasteiger partial charge in [0.15, 0.2) is 0 Å². The van der Waals surface area contributed by atoms with Crippen LogP contribution in [-0.2, 0) is 0 Å². The molecule has 0 aromatic carbocycles. The predicted molar refractivity (Wildman–Crippen MR) is 52.1 cm³/mol. The van der Waals surface area contributed by atoms with Crippen molar-refractivity contribution in [3.63, 3.8) is 0 Å². The minimum Gasteiger partial charge on any atom is -0.327 e. The van der Waals surface area contributed by atoms with Crippen LogP contribution >= 0.6 is 0 Å². The fraction of sp³-hybridized carbons (Fsp3) is 1.00. The van der Waals surface area contributed by atoms with Crippen molar-refractivity contribution in [2.75, 3.05) is 0 Å². The molecule has 0 aliphatic heterocycles. The summed E-state index contributed by atoms with van der Waals surface area (Å²) in [5, 5.41) is 0. The lowest BCUT2D eigenvalue weighted by Gasteiger charge is -2.40. The quantitative estimate of drug-likeness (QED) is 0.603. The van der Waals surface area contributed by atoms with E-state index in [1.807, 2.05) is 0 Å². The van der Waals surface area contributed by atoms with Gasteiger partial charge in [0, 0.05) is 6.04 Å². The summed E-state index contributed by atoms with van der Waals surface area (Å²) in [6, 6.07) is 0.596. The SMILES string of the molecule is NC1C2CCC(C2)C12CC1CC1C2. The van der Waals surface area contributed by atoms with Crippen LogP contribution in [0.3, 0.4) is 0 Å². The minimum absolute atomic E-state index is 0.596. The van der Waals surface area contributed by atoms with Gasteiger partial charge in [0.25, 0.3) is 0 Å². The maximum Gasteiger partial charge on any atom is 0.0127 e. The fourth-order valence-corrected chi connectivity index (χ4v) is 5.08. The molecule has 1 spiro atoms. The van der Waals surface area contributed by atoms with Crippen molar-refractivity contribution in [3.8, 4) is 0 Å². The van der Waals surface area contributed by atoms with Crippen LogP contribution in [0.1, 0.15) is 38.5 Å². The molecule has 0 amide bonds. The van der Waals surface area contributed by atoms with Crippen molar-refractivity contribution in [2.45, 2.75) is 44.6 Å². The maximum atomic E-state index is 6.44. The molecule has 4 rings (SSSR count). The van der Waals surface area contributed by atoms with Crippen molar-refractivity contribution >= 4 is 0 Å². The molecule has 2 bridgehead atoms. The summed E-state index contributed by atoms with van der Waals surface area (Å²) in [4.78, 5) is 0. The van der Waals surface area contributed by atoms with Crippen LogP contribution in [0.25, 0.3) is 0 Å². The summed E-state index contributed by atoms with van der Waals surface area (Å²) in [7, 11) is 0. The van der Waals surface area contributed by atoms with Crippen LogP contribution in [0.2, 0.25) is 0 Å². The van der Waals surface area contributed by atoms with Gasteiger partial charge in [-0.2, -0.15) is 0 Å². The first kappa shape index (κ1) is 7.28. The lowest BCUT2D eigenvalue weighted by Crippen LogP contribution is -2.45. The van der Waals surface area contributed by atoms with Crippen molar-refractivity contribution < 1.29 is 0 Å². The first-order valence-electron chi connectivity index (χ1n) is 6.05. The number of fused-ring (bicyclic) bond motifs is 4. The molecule has 0 radical (unpaired) electrons. The van der Waals surface area contributed by atoms with Crippen LogP contribution in [0, 0.1) is 29.1 Å². The zero-order chi connectivity index (χ0) is 8.63. The third-order valence-corrected chi connectivity index (χ3v) is 5.81. The standard InChI is InChI=1S/C12H19N/c13-11-7-1-2-10(4-7)12(11)5-8-3-9(8)6-12/h7-11H,1-6,13H2. The Morgan fingerprint density at radius 3 is 2.31 bits per heavy atom. The summed E-state index contributed by atoms with van der Waals surface area (Å²) in [5.74, 6) is 4.19. The first-order valence-corrected chi connectivity index (χ1v) is 6.05. The Bertz CT molecular complexity index is 246. The van der Waals surface area contributed by atoms with Gasteiger partial charge in [-0.3, -0.25) is 0 Å². The van der Waals surface area contributed by atoms with Gasteiger partial charge < -0.3 is 5.73 Å². The molecule has 4 aliphatic rings. The summed E-state index contributed by atoms with van der Waals surface area (Å²) >= 11 is 0. The highest BCUT2D eigenvalue weighted by atomic mass is 14.8. The number of nitrogens with two attached hydrogens (primary N) is 1. The summed E-state index contributed by atoms with van der Waals surface area (Å²) in [6.07, 6.45) is 9.02. The van der Waals surface area contributed by atoms with E-state index in [0.717, 1.165) is 23.7 Å². The molecule has 5 unspecified atom stereocenters. The van der Waals surface area contributed by atoms with E-state index in [2.05, 4.69) is 0 Å². The second-order valence-corrected chi connectivity index (χ2v) is 6.19. The molecule has 0 saturated heterocycles. The van der Waals surface area contributed by atoms with Crippen LogP contribution in [-0.4, -0.2) is 6.04 Å². The van der Waals surface area contributed by atoms with Gasteiger partial charge >= 0.3 is 0 Å². The lowest BCUT2D eigenvalue weighted by molar-refractivity contribution is 0.121. The second-order valence-electron chi connectivity index (χ2n) is 6.19. The molecule has 4 aliphatic carbocycles. The lowest BCUT2D eigenvalue weighted by atomic mass is 9.67. The molecule has 72 valence electrons. The van der Waals surface area contributed by atoms with Gasteiger partial charge in [-0.05, 0) is 67.6 Å². The first-order chi connectivity index (χ1) is 6.29. The topological polar surface area (TPSA) is 26.0 Å². The number of rotatable bonds is 0. The van der Waals surface area contributed by atoms with Crippen molar-refractivity contribution in [2.24, 2.45) is 34.8 Å². The van der Waals surface area contributed by atoms with Crippen molar-refractivity contribution in [1.29, 1.82) is 0 Å². The molecule has 1 heteroatoms. The van der Waals surface area contributed by atoms with Gasteiger partial charge in [-0.25, -0.2) is 0 Å². The highest BCUT2D eigenvalue weighted by Crippen LogP contribution is 2.70. The Kier molecular flexibility index (Phi) is 1.11. The summed E-state index contributed by atoms with van der Waals surface area (Å²) in [6.45, 7) is 0. The number of hydrogen-bond acceptors (Lipinski definition) is 1. The summed E-state index contributed by atoms with van der Waals surface area (Å²) in [5.41, 5.74) is 7.11. The molecule has 13 heavy (non-hydrogen) atoms. The molecule has 0 aromatic rings. The van der Waals surface area contributed by atoms with E-state index in [-0.39, 0.29) is 0 Å². The highest BCUT2D eigenvalue weighted by molar-refractivity contribution is 5.16. The van der Waals surface area contributed by atoms with E-state index >= 15 is 0 Å². The molecular weight excluding hydrogens is 158 g/mol. The van der Waals surface area contributed by atoms with Crippen molar-refractivity contribution in [3.05, 3.63) is 0 Å². The predicted octanol–water partition coefficient (Wildman–Crippen LogP) is 2.16. The van der Waals surface area contributed by atoms with E-state index in [9.17, 15) is 0 Å². The van der Waals surface area contributed by atoms with Crippen LogP contribution in [0.5, 0.6) is 0 Å². The smallest absolute Gasteiger partial charge is 0.0127 e. The zero-order valence-corrected chi connectivity index (χ0v) is 8.21. The van der Waals surface area contributed by atoms with Crippen LogP contribution in [0.15, 0.2) is 0 Å². The van der Waals surface area contributed by atoms with E-state index in [1.165, 1.54) is 32.1 Å². The van der Waals surface area contributed by atoms with Crippen molar-refractivity contribution in [1.82, 2.24) is 0 Å². The normalized spacial score (nSPS) is 67.6. The minimum atomic E-state index is 0.596. The third kappa shape index (κ3) is 0.707. The Balaban J connectivity index is 1.72. The fourth-order valence-electron chi connectivity index (χ4n) is 5.08. The molecule has 0 heterocycles. The molecule has 5 atom stereocenters. The molecular formula is C12H19N. The molecule has 1 nitrogen and oxygen atoms in total. The Morgan fingerprint density at radius 2 is 1.69 bits per heavy atom. The van der Waals surface area contributed by atoms with E-state index in [4.69, 9.17) is 5.73 Å². The number of hydrogen-bond donors (Lipinski definition) is 1. The molecule has 4 saturated carbocycles. The Labute approximate surface area is 80.1 Å². The van der Waals surface area contributed by atoms with E-state index in [0.29, 0.717) is 11.5 Å². The van der Waals surface area contributed by atoms with Gasteiger partial charge in [-0.1, -0.05) is 0 Å². The Hall–Kier alpha value is -0.0400. The third-order valence-electron chi connectivity index (χ3n) is 5.81. The van der Waals surface area contributed by atoms with Crippen LogP contribution in [0.4, 0.5) is 0 Å². The average Bonchev–Trinajstić information content (AvgIpc) is 2.55. The van der Waals surface area contributed by atoms with Crippen LogP contribution < -0.4 is 5.73 Å². The second kappa shape index (κ2) is 1.98. The van der Waals surface area contributed by atoms with Gasteiger partial charge in [0.1, 0.15) is 0 Å². The molecule has 2 N–H and O–H groups in total. The molecule has 4 fully saturated rings. The average molecular weight is 177 g/mol. The van der Waals surface area contributed by atoms with Gasteiger partial charge in [0.05, 0.1) is 0 Å². The monoisotopic (exact) mass is 177 g/mol. The largest absolute Gasteiger partial charge is 0.327 e. The summed E-state index contributed by atoms with van der Waals surface area (Å²) < 4.78 is 0. The van der Waals surface area contributed by atoms with E-state index < -0.39 is 0 Å². The van der Waals surface area contributed by atoms with Gasteiger partial charge in [0.2, 0.25) is 0 Å². The van der Waals surface area contributed by atoms with Gasteiger partial charge in [-0.15, -0.1) is 0 Å².